The summed E-state index contributed by atoms with van der Waals surface area (Å²) in [6.45, 7) is 8.66. The Morgan fingerprint density at radius 3 is 2.24 bits per heavy atom. The minimum absolute atomic E-state index is 0.0900. The zero-order chi connectivity index (χ0) is 13.5. The number of hydrazine groups is 1. The van der Waals surface area contributed by atoms with Gasteiger partial charge in [0.05, 0.1) is 6.26 Å². The smallest absolute Gasteiger partial charge is 0.235 e. The lowest BCUT2D eigenvalue weighted by molar-refractivity contribution is -0.133. The van der Waals surface area contributed by atoms with Crippen LogP contribution in [0.2, 0.25) is 0 Å². The van der Waals surface area contributed by atoms with Gasteiger partial charge >= 0.3 is 0 Å². The molecule has 0 spiro atoms. The molecule has 0 aliphatic carbocycles. The highest BCUT2D eigenvalue weighted by Crippen LogP contribution is 2.22. The van der Waals surface area contributed by atoms with Gasteiger partial charge in [-0.05, 0) is 0 Å². The molecule has 0 heterocycles. The normalized spacial score (nSPS) is 12.1. The zero-order valence-corrected chi connectivity index (χ0v) is 11.0. The molecule has 0 aliphatic rings. The summed E-state index contributed by atoms with van der Waals surface area (Å²) in [4.78, 5) is 23.3. The van der Waals surface area contributed by atoms with Crippen molar-refractivity contribution in [3.8, 4) is 0 Å². The monoisotopic (exact) mass is 242 g/mol. The third-order valence-corrected chi connectivity index (χ3v) is 2.54. The molecular formula is C12H22N2O3. The van der Waals surface area contributed by atoms with E-state index in [9.17, 15) is 9.59 Å². The Morgan fingerprint density at radius 1 is 1.29 bits per heavy atom. The summed E-state index contributed by atoms with van der Waals surface area (Å²) in [5.41, 5.74) is 1.92. The third kappa shape index (κ3) is 5.49. The topological polar surface area (TPSA) is 69.6 Å². The van der Waals surface area contributed by atoms with E-state index in [1.54, 1.807) is 18.9 Å². The van der Waals surface area contributed by atoms with Crippen molar-refractivity contribution in [1.82, 2.24) is 10.4 Å². The Balaban J connectivity index is 4.41. The number of amides is 1. The van der Waals surface area contributed by atoms with E-state index in [0.717, 1.165) is 6.08 Å². The van der Waals surface area contributed by atoms with Gasteiger partial charge in [0.15, 0.2) is 5.78 Å². The van der Waals surface area contributed by atoms with Gasteiger partial charge in [-0.25, -0.2) is 5.01 Å². The first kappa shape index (κ1) is 15.6. The predicted molar refractivity (Wildman–Crippen MR) is 66.2 cm³/mol. The first-order chi connectivity index (χ1) is 7.87. The van der Waals surface area contributed by atoms with Gasteiger partial charge in [-0.15, -0.1) is 0 Å². The van der Waals surface area contributed by atoms with E-state index in [2.05, 4.69) is 5.43 Å². The second-order valence-corrected chi connectivity index (χ2v) is 4.45. The van der Waals surface area contributed by atoms with Crippen LogP contribution in [0.3, 0.4) is 0 Å². The van der Waals surface area contributed by atoms with E-state index < -0.39 is 5.41 Å². The molecule has 0 aromatic carbocycles. The van der Waals surface area contributed by atoms with Crippen LogP contribution in [0.15, 0.2) is 12.3 Å². The van der Waals surface area contributed by atoms with Crippen LogP contribution in [0, 0.1) is 5.41 Å². The minimum Gasteiger partial charge on any atom is -0.515 e. The molecule has 17 heavy (non-hydrogen) atoms. The molecule has 0 rings (SSSR count). The largest absolute Gasteiger partial charge is 0.515 e. The van der Waals surface area contributed by atoms with Crippen molar-refractivity contribution in [2.75, 3.05) is 13.1 Å². The molecule has 5 heteroatoms. The van der Waals surface area contributed by atoms with Gasteiger partial charge in [0.2, 0.25) is 5.91 Å². The van der Waals surface area contributed by atoms with Crippen LogP contribution >= 0.6 is 0 Å². The number of allylic oxidation sites excluding steroid dienone is 1. The van der Waals surface area contributed by atoms with Gasteiger partial charge in [-0.1, -0.05) is 27.7 Å². The van der Waals surface area contributed by atoms with Gasteiger partial charge in [0.1, 0.15) is 0 Å². The fourth-order valence-electron chi connectivity index (χ4n) is 1.38. The van der Waals surface area contributed by atoms with E-state index in [-0.39, 0.29) is 18.1 Å². The maximum atomic E-state index is 11.7. The third-order valence-electron chi connectivity index (χ3n) is 2.54. The standard InChI is InChI=1S/C12H22N2O3/c1-5-14(6-2)13-11(17)9-12(3,4)10(16)7-8-15/h7-8,15H,5-6,9H2,1-4H3,(H,13,17)/b8-7-. The molecule has 0 saturated heterocycles. The van der Waals surface area contributed by atoms with Gasteiger partial charge in [0, 0.05) is 31.0 Å². The molecule has 1 amide bonds. The van der Waals surface area contributed by atoms with Gasteiger partial charge in [-0.2, -0.15) is 0 Å². The van der Waals surface area contributed by atoms with Crippen molar-refractivity contribution in [1.29, 1.82) is 0 Å². The summed E-state index contributed by atoms with van der Waals surface area (Å²) < 4.78 is 0. The number of ketones is 1. The molecule has 0 aromatic heterocycles. The molecule has 0 unspecified atom stereocenters. The molecule has 0 atom stereocenters. The van der Waals surface area contributed by atoms with Crippen LogP contribution < -0.4 is 5.43 Å². The van der Waals surface area contributed by atoms with E-state index >= 15 is 0 Å². The van der Waals surface area contributed by atoms with Gasteiger partial charge in [0.25, 0.3) is 0 Å². The summed E-state index contributed by atoms with van der Waals surface area (Å²) in [6, 6.07) is 0. The Hall–Kier alpha value is -1.36. The molecule has 0 saturated carbocycles. The molecule has 0 radical (unpaired) electrons. The minimum atomic E-state index is -0.809. The Morgan fingerprint density at radius 2 is 1.82 bits per heavy atom. The number of nitrogens with one attached hydrogen (secondary N) is 1. The van der Waals surface area contributed by atoms with Crippen molar-refractivity contribution in [3.05, 3.63) is 12.3 Å². The maximum Gasteiger partial charge on any atom is 0.235 e. The number of nitrogens with zero attached hydrogens (tertiary/aromatic N) is 1. The van der Waals surface area contributed by atoms with Crippen LogP contribution in [-0.2, 0) is 9.59 Å². The molecule has 0 bridgehead atoms. The van der Waals surface area contributed by atoms with E-state index in [0.29, 0.717) is 19.4 Å². The predicted octanol–water partition coefficient (Wildman–Crippen LogP) is 1.42. The number of hydrogen-bond acceptors (Lipinski definition) is 4. The van der Waals surface area contributed by atoms with Crippen LogP contribution in [0.5, 0.6) is 0 Å². The van der Waals surface area contributed by atoms with Crippen molar-refractivity contribution < 1.29 is 14.7 Å². The Bertz CT molecular complexity index is 294. The number of aliphatic hydroxyl groups is 1. The number of rotatable bonds is 7. The van der Waals surface area contributed by atoms with Crippen molar-refractivity contribution in [2.24, 2.45) is 5.41 Å². The van der Waals surface area contributed by atoms with E-state index in [1.165, 1.54) is 0 Å². The fraction of sp³-hybridized carbons (Fsp3) is 0.667. The highest BCUT2D eigenvalue weighted by Gasteiger charge is 2.29. The molecule has 2 N–H and O–H groups in total. The molecule has 0 aromatic rings. The van der Waals surface area contributed by atoms with Crippen molar-refractivity contribution in [2.45, 2.75) is 34.1 Å². The Labute approximate surface area is 102 Å². The molecule has 0 fully saturated rings. The number of hydrogen-bond donors (Lipinski definition) is 2. The number of aliphatic hydroxyl groups excluding tert-OH is 1. The second kappa shape index (κ2) is 7.06. The van der Waals surface area contributed by atoms with Crippen molar-refractivity contribution in [3.63, 3.8) is 0 Å². The average Bonchev–Trinajstić information content (AvgIpc) is 2.25. The van der Waals surface area contributed by atoms with Gasteiger partial charge in [-0.3, -0.25) is 15.0 Å². The van der Waals surface area contributed by atoms with Crippen LogP contribution in [-0.4, -0.2) is 34.9 Å². The SMILES string of the molecule is CCN(CC)NC(=O)CC(C)(C)C(=O)/C=C\O. The summed E-state index contributed by atoms with van der Waals surface area (Å²) >= 11 is 0. The highest BCUT2D eigenvalue weighted by molar-refractivity contribution is 5.96. The first-order valence-electron chi connectivity index (χ1n) is 5.77. The molecular weight excluding hydrogens is 220 g/mol. The lowest BCUT2D eigenvalue weighted by Crippen LogP contribution is -2.44. The molecule has 0 aliphatic heterocycles. The number of carbonyl (C=O) groups is 2. The maximum absolute atomic E-state index is 11.7. The summed E-state index contributed by atoms with van der Waals surface area (Å²) in [5.74, 6) is -0.465. The van der Waals surface area contributed by atoms with Crippen LogP contribution in [0.4, 0.5) is 0 Å². The van der Waals surface area contributed by atoms with E-state index in [1.807, 2.05) is 13.8 Å². The molecule has 5 nitrogen and oxygen atoms in total. The lowest BCUT2D eigenvalue weighted by atomic mass is 9.84. The average molecular weight is 242 g/mol. The Kier molecular flexibility index (Phi) is 6.50. The summed E-state index contributed by atoms with van der Waals surface area (Å²) in [7, 11) is 0. The van der Waals surface area contributed by atoms with Crippen molar-refractivity contribution >= 4 is 11.7 Å². The number of carbonyl (C=O) groups excluding carboxylic acids is 2. The quantitative estimate of drug-likeness (QED) is 0.402. The van der Waals surface area contributed by atoms with E-state index in [4.69, 9.17) is 5.11 Å². The zero-order valence-electron chi connectivity index (χ0n) is 11.0. The first-order valence-corrected chi connectivity index (χ1v) is 5.77. The fourth-order valence-corrected chi connectivity index (χ4v) is 1.38. The second-order valence-electron chi connectivity index (χ2n) is 4.45. The molecule has 98 valence electrons. The van der Waals surface area contributed by atoms with Crippen LogP contribution in [0.25, 0.3) is 0 Å². The van der Waals surface area contributed by atoms with Crippen LogP contribution in [0.1, 0.15) is 34.1 Å². The summed E-state index contributed by atoms with van der Waals surface area (Å²) in [5, 5.41) is 10.3. The van der Waals surface area contributed by atoms with Gasteiger partial charge < -0.3 is 5.11 Å². The summed E-state index contributed by atoms with van der Waals surface area (Å²) in [6.07, 6.45) is 1.86. The highest BCUT2D eigenvalue weighted by atomic mass is 16.2. The lowest BCUT2D eigenvalue weighted by Gasteiger charge is -2.24.